The summed E-state index contributed by atoms with van der Waals surface area (Å²) >= 11 is 4.87. The van der Waals surface area contributed by atoms with Gasteiger partial charge in [0, 0.05) is 0 Å². The van der Waals surface area contributed by atoms with E-state index >= 15 is 0 Å². The molecule has 5 aromatic rings. The Hall–Kier alpha value is -0.700. The first-order valence-electron chi connectivity index (χ1n) is 8.32. The van der Waals surface area contributed by atoms with E-state index in [1.54, 1.807) is 0 Å². The average molecular weight is 596 g/mol. The molecule has 2 radical (unpaired) electrons. The van der Waals surface area contributed by atoms with E-state index in [1.165, 1.54) is 65.7 Å². The van der Waals surface area contributed by atoms with Crippen LogP contribution in [0.15, 0.2) is 89.4 Å². The topological polar surface area (TPSA) is 0 Å². The number of rotatable bonds is 0. The van der Waals surface area contributed by atoms with Crippen LogP contribution in [0.25, 0.3) is 32.3 Å². The minimum atomic E-state index is 0. The Morgan fingerprint density at radius 1 is 0.667 bits per heavy atom. The molecule has 0 saturated carbocycles. The van der Waals surface area contributed by atoms with E-state index < -0.39 is 0 Å². The Kier molecular flexibility index (Phi) is 15.9. The minimum Gasteiger partial charge on any atom is -0.126 e. The van der Waals surface area contributed by atoms with Crippen LogP contribution in [0.3, 0.4) is 0 Å². The zero-order chi connectivity index (χ0) is 18.5. The van der Waals surface area contributed by atoms with E-state index in [4.69, 9.17) is 0 Å². The third kappa shape index (κ3) is 7.18. The van der Waals surface area contributed by atoms with Crippen molar-refractivity contribution in [2.45, 2.75) is 6.92 Å². The average Bonchev–Trinajstić information content (AvgIpc) is 3.24. The molecule has 158 valence electrons. The molecule has 0 aliphatic carbocycles. The molecule has 0 atom stereocenters. The smallest absolute Gasteiger partial charge is 0.0771 e. The van der Waals surface area contributed by atoms with Gasteiger partial charge in [-0.1, -0.05) is 65.3 Å². The molecule has 0 aromatic heterocycles. The van der Waals surface area contributed by atoms with Gasteiger partial charge in [-0.25, -0.2) is 0 Å². The molecule has 5 heteroatoms. The summed E-state index contributed by atoms with van der Waals surface area (Å²) in [6.45, 7) is 5.18. The van der Waals surface area contributed by atoms with Crippen molar-refractivity contribution in [3.05, 3.63) is 110 Å². The maximum Gasteiger partial charge on any atom is -0.0771 e. The molecule has 5 aromatic carbocycles. The van der Waals surface area contributed by atoms with Gasteiger partial charge in [-0.15, -0.1) is 99.1 Å². The Morgan fingerprint density at radius 2 is 1.10 bits per heavy atom. The molecule has 0 aliphatic heterocycles. The summed E-state index contributed by atoms with van der Waals surface area (Å²) < 4.78 is 1.18. The third-order valence-corrected chi connectivity index (χ3v) is 5.06. The van der Waals surface area contributed by atoms with Gasteiger partial charge in [0.25, 0.3) is 0 Å². The van der Waals surface area contributed by atoms with Crippen LogP contribution in [0, 0.1) is 21.8 Å². The molecule has 0 bridgehead atoms. The molecule has 0 amide bonds. The van der Waals surface area contributed by atoms with Crippen LogP contribution in [-0.4, -0.2) is 6.88 Å². The molecule has 0 nitrogen and oxygen atoms in total. The minimum absolute atomic E-state index is 0. The van der Waals surface area contributed by atoms with E-state index in [1.807, 2.05) is 0 Å². The van der Waals surface area contributed by atoms with Crippen LogP contribution < -0.4 is 0 Å². The zero-order valence-corrected chi connectivity index (χ0v) is 24.0. The first kappa shape index (κ1) is 31.5. The number of benzene rings is 3. The second-order valence-corrected chi connectivity index (χ2v) is 6.95. The van der Waals surface area contributed by atoms with Crippen LogP contribution in [0.5, 0.6) is 0 Å². The Balaban J connectivity index is 0. The summed E-state index contributed by atoms with van der Waals surface area (Å²) in [7, 11) is 0. The predicted octanol–water partition coefficient (Wildman–Crippen LogP) is 8.70. The van der Waals surface area contributed by atoms with Crippen molar-refractivity contribution in [1.29, 1.82) is 0 Å². The zero-order valence-electron chi connectivity index (χ0n) is 17.3. The van der Waals surface area contributed by atoms with Gasteiger partial charge in [0.1, 0.15) is 0 Å². The van der Waals surface area contributed by atoms with E-state index in [-0.39, 0.29) is 39.7 Å². The molecule has 5 rings (SSSR count). The largest absolute Gasteiger partial charge is 0.126 e. The van der Waals surface area contributed by atoms with Crippen LogP contribution in [0.1, 0.15) is 5.56 Å². The quantitative estimate of drug-likeness (QED) is 0.124. The van der Waals surface area contributed by atoms with Crippen molar-refractivity contribution < 1.29 is 23.3 Å². The molecule has 0 spiro atoms. The maximum atomic E-state index is 3.51. The Labute approximate surface area is 218 Å². The van der Waals surface area contributed by atoms with E-state index in [0.717, 1.165) is 0 Å². The van der Waals surface area contributed by atoms with Crippen molar-refractivity contribution in [3.63, 3.8) is 0 Å². The molecule has 0 unspecified atom stereocenters. The van der Waals surface area contributed by atoms with Gasteiger partial charge in [-0.3, -0.25) is 0 Å². The third-order valence-electron chi connectivity index (χ3n) is 4.36. The summed E-state index contributed by atoms with van der Waals surface area (Å²) in [6.07, 6.45) is 0. The summed E-state index contributed by atoms with van der Waals surface area (Å²) in [5.74, 6) is 0. The van der Waals surface area contributed by atoms with Gasteiger partial charge in [0.2, 0.25) is 0 Å². The monoisotopic (exact) mass is 592 g/mol. The van der Waals surface area contributed by atoms with Gasteiger partial charge >= 0.3 is 30.2 Å². The van der Waals surface area contributed by atoms with Gasteiger partial charge in [0.05, 0.1) is 0 Å². The van der Waals surface area contributed by atoms with Crippen molar-refractivity contribution in [1.82, 2.24) is 0 Å². The molecule has 0 fully saturated rings. The first-order chi connectivity index (χ1) is 12.7. The van der Waals surface area contributed by atoms with E-state index in [0.29, 0.717) is 0 Å². The molecule has 0 saturated heterocycles. The second kappa shape index (κ2) is 15.2. The normalized spacial score (nSPS) is 8.83. The Morgan fingerprint density at radius 3 is 1.60 bits per heavy atom. The molecule has 0 N–H and O–H groups in total. The van der Waals surface area contributed by atoms with Crippen LogP contribution in [0.4, 0.5) is 0 Å². The van der Waals surface area contributed by atoms with Crippen molar-refractivity contribution in [2.24, 2.45) is 0 Å². The molecular formula is C25H25BrCl2SiZr-4. The number of fused-ring (bicyclic) bond motifs is 4. The number of hydrogen-bond acceptors (Lipinski definition) is 0. The SMILES string of the molecule is Cc1cc2c(Br)cccc2[cH-]1.Cl.Cl.[CH3-].[CH3-].[Si]=[Zr].c1ccc2c(c1)[cH-]c1ccccc12. The molecular weight excluding hydrogens is 570 g/mol. The van der Waals surface area contributed by atoms with Crippen LogP contribution in [-0.2, 0) is 23.3 Å². The maximum absolute atomic E-state index is 3.51. The molecule has 30 heavy (non-hydrogen) atoms. The Bertz CT molecular complexity index is 1110. The fraction of sp³-hybridized carbons (Fsp3) is 0.0400. The summed E-state index contributed by atoms with van der Waals surface area (Å²) in [6, 6.07) is 29.9. The van der Waals surface area contributed by atoms with Gasteiger partial charge in [0.15, 0.2) is 0 Å². The number of hydrogen-bond donors (Lipinski definition) is 0. The fourth-order valence-corrected chi connectivity index (χ4v) is 3.75. The predicted molar refractivity (Wildman–Crippen MR) is 142 cm³/mol. The van der Waals surface area contributed by atoms with E-state index in [9.17, 15) is 0 Å². The van der Waals surface area contributed by atoms with Crippen molar-refractivity contribution in [2.75, 3.05) is 0 Å². The van der Waals surface area contributed by atoms with Crippen LogP contribution in [0.2, 0.25) is 0 Å². The summed E-state index contributed by atoms with van der Waals surface area (Å²) in [5, 5.41) is 8.02. The van der Waals surface area contributed by atoms with Crippen LogP contribution >= 0.6 is 40.7 Å². The first-order valence-corrected chi connectivity index (χ1v) is 13.3. The number of aryl methyl sites for hydroxylation is 1. The van der Waals surface area contributed by atoms with E-state index in [2.05, 4.69) is 115 Å². The molecule has 0 aliphatic rings. The van der Waals surface area contributed by atoms with Crippen molar-refractivity contribution in [3.8, 4) is 0 Å². The fourth-order valence-electron chi connectivity index (χ4n) is 3.25. The standard InChI is InChI=1S/C13H9.C10H8Br.2CH3.2ClH.Si.Zr/c1-3-7-12-10(5-1)9-11-6-2-4-8-13(11)12;1-7-5-8-3-2-4-10(11)9(8)6-7;;;;;;/h1-9H;2-6H,1H3;2*1H3;2*1H;;/q4*-1;;;;. The van der Waals surface area contributed by atoms with Gasteiger partial charge in [-0.05, 0) is 4.47 Å². The molecule has 0 heterocycles. The summed E-state index contributed by atoms with van der Waals surface area (Å²) in [4.78, 5) is 0. The van der Waals surface area contributed by atoms with Crippen molar-refractivity contribution >= 4 is 79.9 Å². The number of halogens is 3. The van der Waals surface area contributed by atoms with Gasteiger partial charge < -0.3 is 14.9 Å². The second-order valence-electron chi connectivity index (χ2n) is 6.09. The van der Waals surface area contributed by atoms with Gasteiger partial charge in [-0.2, -0.15) is 6.07 Å². The summed E-state index contributed by atoms with van der Waals surface area (Å²) in [5.41, 5.74) is 1.33.